The molecule has 16 heavy (non-hydrogen) atoms. The van der Waals surface area contributed by atoms with Gasteiger partial charge in [0.05, 0.1) is 5.38 Å². The van der Waals surface area contributed by atoms with Gasteiger partial charge in [-0.1, -0.05) is 34.1 Å². The van der Waals surface area contributed by atoms with Crippen LogP contribution in [0.15, 0.2) is 53.3 Å². The Balaban J connectivity index is 2.15. The monoisotopic (exact) mass is 295 g/mol. The molecule has 0 aliphatic carbocycles. The van der Waals surface area contributed by atoms with Crippen LogP contribution >= 0.6 is 27.5 Å². The number of rotatable bonds is 3. The van der Waals surface area contributed by atoms with Gasteiger partial charge in [0, 0.05) is 16.9 Å². The van der Waals surface area contributed by atoms with Crippen LogP contribution < -0.4 is 0 Å². The number of pyridine rings is 1. The third-order valence-corrected chi connectivity index (χ3v) is 3.52. The van der Waals surface area contributed by atoms with Crippen LogP contribution in [0.1, 0.15) is 16.5 Å². The zero-order chi connectivity index (χ0) is 11.4. The van der Waals surface area contributed by atoms with Gasteiger partial charge in [-0.25, -0.2) is 0 Å². The third kappa shape index (κ3) is 2.83. The molecule has 0 N–H and O–H groups in total. The maximum absolute atomic E-state index is 6.40. The van der Waals surface area contributed by atoms with Gasteiger partial charge in [0.15, 0.2) is 0 Å². The molecule has 1 unspecified atom stereocenters. The Hall–Kier alpha value is -0.860. The predicted octanol–water partition coefficient (Wildman–Crippen LogP) is 4.37. The van der Waals surface area contributed by atoms with Crippen LogP contribution in [0.2, 0.25) is 0 Å². The average molecular weight is 297 g/mol. The van der Waals surface area contributed by atoms with Gasteiger partial charge in [-0.05, 0) is 35.7 Å². The molecule has 0 fully saturated rings. The molecular formula is C13H11BrClN. The molecule has 82 valence electrons. The highest BCUT2D eigenvalue weighted by atomic mass is 79.9. The summed E-state index contributed by atoms with van der Waals surface area (Å²) in [5.41, 5.74) is 2.33. The molecule has 0 radical (unpaired) electrons. The SMILES string of the molecule is ClC(Cc1ccncc1)c1ccccc1Br. The molecule has 1 aromatic heterocycles. The van der Waals surface area contributed by atoms with Crippen molar-refractivity contribution in [2.75, 3.05) is 0 Å². The molecule has 2 aromatic rings. The van der Waals surface area contributed by atoms with Gasteiger partial charge in [0.25, 0.3) is 0 Å². The molecule has 1 nitrogen and oxygen atoms in total. The summed E-state index contributed by atoms with van der Waals surface area (Å²) >= 11 is 9.91. The molecule has 0 saturated heterocycles. The Bertz CT molecular complexity index is 458. The number of alkyl halides is 1. The van der Waals surface area contributed by atoms with E-state index in [0.29, 0.717) is 0 Å². The zero-order valence-electron chi connectivity index (χ0n) is 8.61. The van der Waals surface area contributed by atoms with Gasteiger partial charge in [-0.3, -0.25) is 4.98 Å². The summed E-state index contributed by atoms with van der Waals surface area (Å²) in [6.45, 7) is 0. The minimum atomic E-state index is -0.0158. The standard InChI is InChI=1S/C13H11BrClN/c14-12-4-2-1-3-11(12)13(15)9-10-5-7-16-8-6-10/h1-8,13H,9H2. The van der Waals surface area contributed by atoms with Crippen LogP contribution in [0.4, 0.5) is 0 Å². The van der Waals surface area contributed by atoms with Crippen molar-refractivity contribution in [3.05, 3.63) is 64.4 Å². The van der Waals surface area contributed by atoms with Crippen LogP contribution in [0.5, 0.6) is 0 Å². The molecule has 0 amide bonds. The van der Waals surface area contributed by atoms with E-state index in [1.807, 2.05) is 36.4 Å². The normalized spacial score (nSPS) is 12.4. The molecule has 3 heteroatoms. The number of aromatic nitrogens is 1. The molecule has 1 aromatic carbocycles. The fraction of sp³-hybridized carbons (Fsp3) is 0.154. The lowest BCUT2D eigenvalue weighted by molar-refractivity contribution is 0.911. The fourth-order valence-corrected chi connectivity index (χ4v) is 2.63. The second-order valence-electron chi connectivity index (χ2n) is 3.55. The molecule has 1 heterocycles. The van der Waals surface area contributed by atoms with E-state index in [9.17, 15) is 0 Å². The summed E-state index contributed by atoms with van der Waals surface area (Å²) < 4.78 is 1.06. The molecule has 1 atom stereocenters. The maximum atomic E-state index is 6.40. The fourth-order valence-electron chi connectivity index (χ4n) is 1.56. The first kappa shape index (κ1) is 11.6. The second kappa shape index (κ2) is 5.46. The molecule has 0 bridgehead atoms. The van der Waals surface area contributed by atoms with Gasteiger partial charge in [0.1, 0.15) is 0 Å². The molecular weight excluding hydrogens is 286 g/mol. The summed E-state index contributed by atoms with van der Waals surface area (Å²) in [6, 6.07) is 12.0. The van der Waals surface area contributed by atoms with Gasteiger partial charge in [-0.15, -0.1) is 11.6 Å². The molecule has 0 aliphatic heterocycles. The van der Waals surface area contributed by atoms with E-state index < -0.39 is 0 Å². The Morgan fingerprint density at radius 1 is 1.12 bits per heavy atom. The first-order valence-electron chi connectivity index (χ1n) is 5.05. The van der Waals surface area contributed by atoms with Crippen molar-refractivity contribution in [3.8, 4) is 0 Å². The maximum Gasteiger partial charge on any atom is 0.0636 e. The summed E-state index contributed by atoms with van der Waals surface area (Å²) in [4.78, 5) is 3.99. The summed E-state index contributed by atoms with van der Waals surface area (Å²) in [5, 5.41) is -0.0158. The number of benzene rings is 1. The van der Waals surface area contributed by atoms with E-state index in [2.05, 4.69) is 20.9 Å². The molecule has 2 rings (SSSR count). The average Bonchev–Trinajstić information content (AvgIpc) is 2.31. The molecule has 0 aliphatic rings. The zero-order valence-corrected chi connectivity index (χ0v) is 10.9. The predicted molar refractivity (Wildman–Crippen MR) is 70.7 cm³/mol. The Kier molecular flexibility index (Phi) is 3.97. The van der Waals surface area contributed by atoms with E-state index in [1.165, 1.54) is 5.56 Å². The minimum absolute atomic E-state index is 0.0158. The largest absolute Gasteiger partial charge is 0.265 e. The Labute approximate surface area is 109 Å². The van der Waals surface area contributed by atoms with Crippen LogP contribution in [-0.2, 0) is 6.42 Å². The van der Waals surface area contributed by atoms with Crippen LogP contribution in [0.3, 0.4) is 0 Å². The van der Waals surface area contributed by atoms with E-state index in [0.717, 1.165) is 16.5 Å². The van der Waals surface area contributed by atoms with Crippen molar-refractivity contribution in [1.29, 1.82) is 0 Å². The Morgan fingerprint density at radius 2 is 1.81 bits per heavy atom. The summed E-state index contributed by atoms with van der Waals surface area (Å²) in [7, 11) is 0. The number of nitrogens with zero attached hydrogens (tertiary/aromatic N) is 1. The van der Waals surface area contributed by atoms with Crippen molar-refractivity contribution >= 4 is 27.5 Å². The Morgan fingerprint density at radius 3 is 2.50 bits per heavy atom. The van der Waals surface area contributed by atoms with Crippen molar-refractivity contribution < 1.29 is 0 Å². The summed E-state index contributed by atoms with van der Waals surface area (Å²) in [6.07, 6.45) is 4.39. The van der Waals surface area contributed by atoms with E-state index >= 15 is 0 Å². The van der Waals surface area contributed by atoms with Gasteiger partial charge >= 0.3 is 0 Å². The lowest BCUT2D eigenvalue weighted by atomic mass is 10.1. The quantitative estimate of drug-likeness (QED) is 0.767. The molecule has 0 saturated carbocycles. The summed E-state index contributed by atoms with van der Waals surface area (Å²) in [5.74, 6) is 0. The van der Waals surface area contributed by atoms with Gasteiger partial charge < -0.3 is 0 Å². The highest BCUT2D eigenvalue weighted by Gasteiger charge is 2.11. The third-order valence-electron chi connectivity index (χ3n) is 2.41. The van der Waals surface area contributed by atoms with Gasteiger partial charge in [-0.2, -0.15) is 0 Å². The van der Waals surface area contributed by atoms with Crippen molar-refractivity contribution in [2.45, 2.75) is 11.8 Å². The van der Waals surface area contributed by atoms with E-state index in [-0.39, 0.29) is 5.38 Å². The topological polar surface area (TPSA) is 12.9 Å². The second-order valence-corrected chi connectivity index (χ2v) is 4.93. The first-order chi connectivity index (χ1) is 7.77. The highest BCUT2D eigenvalue weighted by Crippen LogP contribution is 2.30. The van der Waals surface area contributed by atoms with Gasteiger partial charge in [0.2, 0.25) is 0 Å². The minimum Gasteiger partial charge on any atom is -0.265 e. The molecule has 0 spiro atoms. The first-order valence-corrected chi connectivity index (χ1v) is 6.27. The van der Waals surface area contributed by atoms with Crippen LogP contribution in [-0.4, -0.2) is 4.98 Å². The van der Waals surface area contributed by atoms with E-state index in [1.54, 1.807) is 12.4 Å². The van der Waals surface area contributed by atoms with Crippen molar-refractivity contribution in [2.24, 2.45) is 0 Å². The highest BCUT2D eigenvalue weighted by molar-refractivity contribution is 9.10. The van der Waals surface area contributed by atoms with Crippen LogP contribution in [0.25, 0.3) is 0 Å². The number of halogens is 2. The lowest BCUT2D eigenvalue weighted by Crippen LogP contribution is -1.96. The van der Waals surface area contributed by atoms with Crippen molar-refractivity contribution in [1.82, 2.24) is 4.98 Å². The lowest BCUT2D eigenvalue weighted by Gasteiger charge is -2.11. The number of hydrogen-bond donors (Lipinski definition) is 0. The van der Waals surface area contributed by atoms with Crippen LogP contribution in [0, 0.1) is 0 Å². The number of hydrogen-bond acceptors (Lipinski definition) is 1. The van der Waals surface area contributed by atoms with E-state index in [4.69, 9.17) is 11.6 Å². The smallest absolute Gasteiger partial charge is 0.0636 e. The van der Waals surface area contributed by atoms with Crippen molar-refractivity contribution in [3.63, 3.8) is 0 Å².